The molecule has 0 aromatic carbocycles. The van der Waals surface area contributed by atoms with E-state index in [1.54, 1.807) is 33.4 Å². The summed E-state index contributed by atoms with van der Waals surface area (Å²) < 4.78 is 0. The van der Waals surface area contributed by atoms with Gasteiger partial charge in [0.05, 0.1) is 51.8 Å². The minimum absolute atomic E-state index is 0.182. The molecule has 7 amide bonds. The molecule has 64 heavy (non-hydrogen) atoms. The molecule has 2 aliphatic rings. The lowest BCUT2D eigenvalue weighted by Crippen LogP contribution is -2.58. The summed E-state index contributed by atoms with van der Waals surface area (Å²) in [4.78, 5) is 131. The van der Waals surface area contributed by atoms with E-state index in [9.17, 15) is 73.3 Å². The van der Waals surface area contributed by atoms with Crippen molar-refractivity contribution >= 4 is 66.4 Å². The highest BCUT2D eigenvalue weighted by Crippen LogP contribution is 2.19. The van der Waals surface area contributed by atoms with Gasteiger partial charge in [0.1, 0.15) is 18.1 Å². The van der Waals surface area contributed by atoms with Crippen molar-refractivity contribution < 1.29 is 73.3 Å². The van der Waals surface area contributed by atoms with E-state index in [2.05, 4.69) is 31.9 Å². The molecule has 26 nitrogen and oxygen atoms in total. The van der Waals surface area contributed by atoms with E-state index in [-0.39, 0.29) is 78.5 Å². The maximum Gasteiger partial charge on any atom is 0.475 e. The Kier molecular flexibility index (Phi) is 23.6. The molecule has 2 rings (SSSR count). The van der Waals surface area contributed by atoms with E-state index in [1.807, 2.05) is 0 Å². The number of carboxylic acid groups (broad SMARTS) is 3. The third-order valence-electron chi connectivity index (χ3n) is 10.4. The Bertz CT molecular complexity index is 1630. The topological polar surface area (TPSA) is 360 Å². The van der Waals surface area contributed by atoms with Crippen molar-refractivity contribution in [2.45, 2.75) is 64.6 Å². The van der Waals surface area contributed by atoms with Crippen molar-refractivity contribution in [1.82, 2.24) is 56.4 Å². The summed E-state index contributed by atoms with van der Waals surface area (Å²) in [5, 5.41) is 61.8. The average Bonchev–Trinajstić information content (AvgIpc) is 3.71. The first-order valence-corrected chi connectivity index (χ1v) is 21.0. The molecule has 0 unspecified atom stereocenters. The van der Waals surface area contributed by atoms with E-state index in [0.717, 1.165) is 0 Å². The number of nitrogens with zero attached hydrogens (tertiary/aromatic N) is 5. The predicted octanol–water partition coefficient (Wildman–Crippen LogP) is -7.04. The van der Waals surface area contributed by atoms with Crippen molar-refractivity contribution in [2.24, 2.45) is 5.92 Å². The number of carbonyl (C=O) groups excluding carboxylic acids is 7. The second-order valence-electron chi connectivity index (χ2n) is 16.0. The van der Waals surface area contributed by atoms with Crippen LogP contribution in [-0.4, -0.2) is 245 Å². The van der Waals surface area contributed by atoms with Gasteiger partial charge in [0.15, 0.2) is 0 Å². The smallest absolute Gasteiger partial charge is 0.475 e. The number of amides is 7. The molecule has 2 heterocycles. The molecule has 0 spiro atoms. The van der Waals surface area contributed by atoms with E-state index >= 15 is 0 Å². The number of carboxylic acids is 3. The summed E-state index contributed by atoms with van der Waals surface area (Å²) in [5.74, 6) is -9.34. The molecule has 27 heteroatoms. The number of hydrogen-bond acceptors (Lipinski definition) is 16. The lowest BCUT2D eigenvalue weighted by atomic mass is 9.78. The Morgan fingerprint density at radius 1 is 0.516 bits per heavy atom. The molecule has 0 saturated carbocycles. The zero-order chi connectivity index (χ0) is 48.1. The quantitative estimate of drug-likeness (QED) is 0.0450. The maximum atomic E-state index is 13.1. The molecule has 2 saturated heterocycles. The van der Waals surface area contributed by atoms with Crippen LogP contribution in [0.15, 0.2) is 0 Å². The lowest BCUT2D eigenvalue weighted by Gasteiger charge is -2.32. The summed E-state index contributed by atoms with van der Waals surface area (Å²) in [7, 11) is -1.73. The van der Waals surface area contributed by atoms with Gasteiger partial charge in [0.25, 0.3) is 0 Å². The van der Waals surface area contributed by atoms with Crippen LogP contribution in [0.3, 0.4) is 0 Å². The van der Waals surface area contributed by atoms with Crippen LogP contribution in [0.1, 0.15) is 40.5 Å². The van der Waals surface area contributed by atoms with Gasteiger partial charge in [-0.1, -0.05) is 13.8 Å². The summed E-state index contributed by atoms with van der Waals surface area (Å²) in [6, 6.07) is -3.31. The molecule has 2 fully saturated rings. The van der Waals surface area contributed by atoms with Crippen molar-refractivity contribution in [3.8, 4) is 0 Å². The molecule has 2 aliphatic heterocycles. The number of carbonyl (C=O) groups is 10. The van der Waals surface area contributed by atoms with E-state index in [1.165, 1.54) is 18.7 Å². The van der Waals surface area contributed by atoms with Crippen molar-refractivity contribution in [3.63, 3.8) is 0 Å². The highest BCUT2D eigenvalue weighted by atomic mass is 16.4. The van der Waals surface area contributed by atoms with Crippen LogP contribution in [0.25, 0.3) is 0 Å². The molecular weight excluding hydrogens is 849 g/mol. The van der Waals surface area contributed by atoms with Crippen LogP contribution in [-0.2, 0) is 47.9 Å². The summed E-state index contributed by atoms with van der Waals surface area (Å²) in [6.07, 6.45) is 0.962. The SMILES string of the molecule is CC(C)[C@H](NC(=O)[C@@H](C)NC(=O)CNC(=O)CNC(=O)CNC(=O)CN1CCN(CC(=O)O)CCN(CC(=O)O)CCN(CC(=O)O)CC1)C(=O)N[C@H](C)C(=O)N1CCC[C@H]1B(O)O. The zero-order valence-electron chi connectivity index (χ0n) is 36.7. The number of aliphatic carboxylic acids is 3. The normalized spacial score (nSPS) is 18.5. The number of nitrogens with one attached hydrogen (secondary N) is 6. The number of rotatable bonds is 22. The van der Waals surface area contributed by atoms with Crippen molar-refractivity contribution in [3.05, 3.63) is 0 Å². The van der Waals surface area contributed by atoms with E-state index < -0.39 is 116 Å². The van der Waals surface area contributed by atoms with Crippen LogP contribution in [0.2, 0.25) is 0 Å². The molecule has 0 bridgehead atoms. The van der Waals surface area contributed by atoms with Gasteiger partial charge in [0.2, 0.25) is 41.4 Å². The summed E-state index contributed by atoms with van der Waals surface area (Å²) in [5.41, 5.74) is 0. The van der Waals surface area contributed by atoms with Gasteiger partial charge in [-0.3, -0.25) is 67.5 Å². The first-order valence-electron chi connectivity index (χ1n) is 21.0. The van der Waals surface area contributed by atoms with Gasteiger partial charge in [-0.2, -0.15) is 0 Å². The van der Waals surface area contributed by atoms with E-state index in [4.69, 9.17) is 0 Å². The van der Waals surface area contributed by atoms with Crippen molar-refractivity contribution in [1.29, 1.82) is 0 Å². The first-order chi connectivity index (χ1) is 30.1. The van der Waals surface area contributed by atoms with Gasteiger partial charge in [-0.15, -0.1) is 0 Å². The largest absolute Gasteiger partial charge is 0.480 e. The zero-order valence-corrected chi connectivity index (χ0v) is 36.7. The van der Waals surface area contributed by atoms with Crippen molar-refractivity contribution in [2.75, 3.05) is 105 Å². The van der Waals surface area contributed by atoms with Gasteiger partial charge in [0, 0.05) is 58.9 Å². The molecule has 0 aromatic heterocycles. The van der Waals surface area contributed by atoms with Crippen LogP contribution >= 0.6 is 0 Å². The highest BCUT2D eigenvalue weighted by Gasteiger charge is 2.39. The van der Waals surface area contributed by atoms with Gasteiger partial charge in [-0.25, -0.2) is 0 Å². The van der Waals surface area contributed by atoms with Gasteiger partial charge >= 0.3 is 25.0 Å². The Labute approximate surface area is 370 Å². The second kappa shape index (κ2) is 27.7. The van der Waals surface area contributed by atoms with Crippen LogP contribution in [0.5, 0.6) is 0 Å². The fourth-order valence-electron chi connectivity index (χ4n) is 6.87. The van der Waals surface area contributed by atoms with E-state index in [0.29, 0.717) is 19.4 Å². The minimum Gasteiger partial charge on any atom is -0.480 e. The number of likely N-dealkylation sites (tertiary alicyclic amines) is 1. The molecular formula is C37H64BN11O15. The van der Waals surface area contributed by atoms with Gasteiger partial charge in [-0.05, 0) is 32.6 Å². The molecule has 0 radical (unpaired) electrons. The maximum absolute atomic E-state index is 13.1. The first kappa shape index (κ1) is 54.7. The standard InChI is InChI=1S/C37H64BN11O15/c1-23(2)34(36(61)43-25(4)37(62)49-7-5-6-26(49)38(63)64)44-35(60)24(3)42-29(52)18-40-27(50)16-39-28(51)17-41-30(53)19-45-8-10-46(20-31(54)55)12-14-48(22-33(58)59)15-13-47(11-9-45)21-32(56)57/h23-26,34,63-64H,5-22H2,1-4H3,(H,39,51)(H,40,50)(H,41,53)(H,42,52)(H,43,61)(H,44,60)(H,54,55)(H,56,57)(H,58,59)/t24-,25-,26+,34+/m1/s1. The monoisotopic (exact) mass is 913 g/mol. The Balaban J connectivity index is 1.82. The van der Waals surface area contributed by atoms with Gasteiger partial charge < -0.3 is 62.2 Å². The molecule has 11 N–H and O–H groups in total. The van der Waals surface area contributed by atoms with Crippen LogP contribution < -0.4 is 31.9 Å². The van der Waals surface area contributed by atoms with Crippen LogP contribution in [0.4, 0.5) is 0 Å². The Morgan fingerprint density at radius 2 is 0.922 bits per heavy atom. The second-order valence-corrected chi connectivity index (χ2v) is 16.0. The molecule has 360 valence electrons. The Hall–Kier alpha value is -5.48. The third kappa shape index (κ3) is 20.8. The predicted molar refractivity (Wildman–Crippen MR) is 225 cm³/mol. The third-order valence-corrected chi connectivity index (χ3v) is 10.4. The van der Waals surface area contributed by atoms with Crippen LogP contribution in [0, 0.1) is 5.92 Å². The molecule has 0 aromatic rings. The summed E-state index contributed by atoms with van der Waals surface area (Å²) in [6.45, 7) is 5.01. The Morgan fingerprint density at radius 3 is 1.33 bits per heavy atom. The molecule has 4 atom stereocenters. The average molecular weight is 914 g/mol. The summed E-state index contributed by atoms with van der Waals surface area (Å²) >= 11 is 0. The molecule has 0 aliphatic carbocycles. The number of hydrogen-bond donors (Lipinski definition) is 11. The minimum atomic E-state index is -1.73. The highest BCUT2D eigenvalue weighted by molar-refractivity contribution is 6.43. The fraction of sp³-hybridized carbons (Fsp3) is 0.730. The lowest BCUT2D eigenvalue weighted by molar-refractivity contribution is -0.140. The fourth-order valence-corrected chi connectivity index (χ4v) is 6.87.